The SMILES string of the molecule is CNC(=O)[C@@H](NC(=O)[C@@H](N)CS)C(C)(C)C. The summed E-state index contributed by atoms with van der Waals surface area (Å²) in [5.41, 5.74) is 5.16. The third kappa shape index (κ3) is 4.40. The quantitative estimate of drug-likeness (QED) is 0.506. The molecular formula is C10H21N3O2S. The lowest BCUT2D eigenvalue weighted by molar-refractivity contribution is -0.131. The van der Waals surface area contributed by atoms with Gasteiger partial charge in [0, 0.05) is 12.8 Å². The van der Waals surface area contributed by atoms with Gasteiger partial charge >= 0.3 is 0 Å². The van der Waals surface area contributed by atoms with Crippen LogP contribution >= 0.6 is 12.6 Å². The Labute approximate surface area is 102 Å². The number of hydrogen-bond donors (Lipinski definition) is 4. The van der Waals surface area contributed by atoms with Crippen LogP contribution in [-0.4, -0.2) is 36.7 Å². The molecule has 0 aromatic carbocycles. The third-order valence-corrected chi connectivity index (χ3v) is 2.59. The smallest absolute Gasteiger partial charge is 0.242 e. The second-order valence-corrected chi connectivity index (χ2v) is 5.08. The predicted molar refractivity (Wildman–Crippen MR) is 67.3 cm³/mol. The average Bonchev–Trinajstić information content (AvgIpc) is 2.21. The Kier molecular flexibility index (Phi) is 5.81. The molecule has 0 heterocycles. The van der Waals surface area contributed by atoms with E-state index in [1.54, 1.807) is 0 Å². The van der Waals surface area contributed by atoms with E-state index < -0.39 is 12.1 Å². The fraction of sp³-hybridized carbons (Fsp3) is 0.800. The van der Waals surface area contributed by atoms with Gasteiger partial charge in [0.15, 0.2) is 0 Å². The maximum atomic E-state index is 11.6. The molecule has 0 aliphatic rings. The van der Waals surface area contributed by atoms with Crippen molar-refractivity contribution >= 4 is 24.4 Å². The van der Waals surface area contributed by atoms with Crippen molar-refractivity contribution in [2.24, 2.45) is 11.1 Å². The van der Waals surface area contributed by atoms with E-state index in [1.807, 2.05) is 20.8 Å². The number of likely N-dealkylation sites (N-methyl/N-ethyl adjacent to an activating group) is 1. The molecule has 0 fully saturated rings. The largest absolute Gasteiger partial charge is 0.357 e. The predicted octanol–water partition coefficient (Wildman–Crippen LogP) is -0.480. The zero-order chi connectivity index (χ0) is 12.9. The molecule has 0 saturated carbocycles. The lowest BCUT2D eigenvalue weighted by atomic mass is 9.86. The molecule has 0 saturated heterocycles. The topological polar surface area (TPSA) is 84.2 Å². The second kappa shape index (κ2) is 6.10. The Hall–Kier alpha value is -0.750. The van der Waals surface area contributed by atoms with E-state index in [9.17, 15) is 9.59 Å². The van der Waals surface area contributed by atoms with Crippen molar-refractivity contribution in [3.8, 4) is 0 Å². The molecule has 2 amide bonds. The molecule has 2 atom stereocenters. The first-order chi connectivity index (χ1) is 7.23. The van der Waals surface area contributed by atoms with Crippen molar-refractivity contribution in [3.05, 3.63) is 0 Å². The number of carbonyl (C=O) groups excluding carboxylic acids is 2. The summed E-state index contributed by atoms with van der Waals surface area (Å²) in [7, 11) is 1.53. The van der Waals surface area contributed by atoms with Gasteiger partial charge in [0.25, 0.3) is 0 Å². The van der Waals surface area contributed by atoms with Crippen molar-refractivity contribution in [2.45, 2.75) is 32.9 Å². The third-order valence-electron chi connectivity index (χ3n) is 2.19. The van der Waals surface area contributed by atoms with E-state index in [0.717, 1.165) is 0 Å². The fourth-order valence-electron chi connectivity index (χ4n) is 1.15. The van der Waals surface area contributed by atoms with Crippen molar-refractivity contribution in [3.63, 3.8) is 0 Å². The van der Waals surface area contributed by atoms with Crippen LogP contribution in [0.4, 0.5) is 0 Å². The average molecular weight is 247 g/mol. The van der Waals surface area contributed by atoms with Gasteiger partial charge in [0.1, 0.15) is 6.04 Å². The molecule has 0 bridgehead atoms. The van der Waals surface area contributed by atoms with Gasteiger partial charge in [-0.3, -0.25) is 9.59 Å². The summed E-state index contributed by atoms with van der Waals surface area (Å²) < 4.78 is 0. The van der Waals surface area contributed by atoms with Crippen LogP contribution in [0, 0.1) is 5.41 Å². The molecule has 4 N–H and O–H groups in total. The molecule has 6 heteroatoms. The zero-order valence-electron chi connectivity index (χ0n) is 10.2. The number of amides is 2. The molecule has 16 heavy (non-hydrogen) atoms. The number of nitrogens with one attached hydrogen (secondary N) is 2. The Balaban J connectivity index is 4.70. The minimum atomic E-state index is -0.696. The van der Waals surface area contributed by atoms with Gasteiger partial charge < -0.3 is 16.4 Å². The Morgan fingerprint density at radius 2 is 1.81 bits per heavy atom. The summed E-state index contributed by atoms with van der Waals surface area (Å²) in [6, 6.07) is -1.30. The highest BCUT2D eigenvalue weighted by Crippen LogP contribution is 2.19. The van der Waals surface area contributed by atoms with Crippen LogP contribution in [0.15, 0.2) is 0 Å². The van der Waals surface area contributed by atoms with Gasteiger partial charge in [0.2, 0.25) is 11.8 Å². The number of hydrogen-bond acceptors (Lipinski definition) is 4. The summed E-state index contributed by atoms with van der Waals surface area (Å²) in [4.78, 5) is 23.2. The molecule has 94 valence electrons. The summed E-state index contributed by atoms with van der Waals surface area (Å²) in [6.45, 7) is 5.62. The van der Waals surface area contributed by atoms with Gasteiger partial charge in [0.05, 0.1) is 6.04 Å². The molecule has 0 aromatic heterocycles. The van der Waals surface area contributed by atoms with Gasteiger partial charge in [-0.05, 0) is 5.41 Å². The first-order valence-corrected chi connectivity index (χ1v) is 5.75. The normalized spacial score (nSPS) is 15.1. The first kappa shape index (κ1) is 15.2. The highest BCUT2D eigenvalue weighted by atomic mass is 32.1. The van der Waals surface area contributed by atoms with Crippen LogP contribution in [0.5, 0.6) is 0 Å². The lowest BCUT2D eigenvalue weighted by Crippen LogP contribution is -2.56. The molecule has 0 spiro atoms. The summed E-state index contributed by atoms with van der Waals surface area (Å²) in [5, 5.41) is 5.15. The van der Waals surface area contributed by atoms with Crippen molar-refractivity contribution in [1.82, 2.24) is 10.6 Å². The second-order valence-electron chi connectivity index (χ2n) is 4.71. The van der Waals surface area contributed by atoms with Crippen LogP contribution in [-0.2, 0) is 9.59 Å². The molecule has 0 aromatic rings. The number of nitrogens with two attached hydrogens (primary N) is 1. The molecule has 0 aliphatic carbocycles. The minimum Gasteiger partial charge on any atom is -0.357 e. The highest BCUT2D eigenvalue weighted by Gasteiger charge is 2.32. The molecule has 0 aliphatic heterocycles. The van der Waals surface area contributed by atoms with E-state index in [0.29, 0.717) is 0 Å². The zero-order valence-corrected chi connectivity index (χ0v) is 11.1. The van der Waals surface area contributed by atoms with Crippen LogP contribution in [0.25, 0.3) is 0 Å². The molecule has 0 rings (SSSR count). The molecule has 5 nitrogen and oxygen atoms in total. The maximum absolute atomic E-state index is 11.6. The van der Waals surface area contributed by atoms with Crippen molar-refractivity contribution in [1.29, 1.82) is 0 Å². The Bertz CT molecular complexity index is 263. The number of thiol groups is 1. The minimum absolute atomic E-state index is 0.229. The Morgan fingerprint density at radius 1 is 1.31 bits per heavy atom. The van der Waals surface area contributed by atoms with E-state index >= 15 is 0 Å². The van der Waals surface area contributed by atoms with Crippen LogP contribution in [0.2, 0.25) is 0 Å². The van der Waals surface area contributed by atoms with E-state index in [2.05, 4.69) is 23.3 Å². The Morgan fingerprint density at radius 3 is 2.12 bits per heavy atom. The number of rotatable bonds is 4. The molecule has 0 radical (unpaired) electrons. The highest BCUT2D eigenvalue weighted by molar-refractivity contribution is 7.80. The monoisotopic (exact) mass is 247 g/mol. The molecule has 0 unspecified atom stereocenters. The van der Waals surface area contributed by atoms with Crippen LogP contribution in [0.1, 0.15) is 20.8 Å². The van der Waals surface area contributed by atoms with E-state index in [4.69, 9.17) is 5.73 Å². The van der Waals surface area contributed by atoms with Gasteiger partial charge in [-0.25, -0.2) is 0 Å². The summed E-state index contributed by atoms with van der Waals surface area (Å²) in [5.74, 6) is -0.345. The van der Waals surface area contributed by atoms with Crippen LogP contribution in [0.3, 0.4) is 0 Å². The van der Waals surface area contributed by atoms with Gasteiger partial charge in [-0.15, -0.1) is 0 Å². The van der Waals surface area contributed by atoms with Crippen LogP contribution < -0.4 is 16.4 Å². The standard InChI is InChI=1S/C10H21N3O2S/c1-10(2,3)7(9(15)12-4)13-8(14)6(11)5-16/h6-7,16H,5,11H2,1-4H3,(H,12,15)(H,13,14)/t6-,7+/m0/s1. The van der Waals surface area contributed by atoms with Gasteiger partial charge in [-0.1, -0.05) is 20.8 Å². The van der Waals surface area contributed by atoms with Crippen molar-refractivity contribution in [2.75, 3.05) is 12.8 Å². The maximum Gasteiger partial charge on any atom is 0.242 e. The van der Waals surface area contributed by atoms with Gasteiger partial charge in [-0.2, -0.15) is 12.6 Å². The lowest BCUT2D eigenvalue weighted by Gasteiger charge is -2.30. The van der Waals surface area contributed by atoms with E-state index in [1.165, 1.54) is 7.05 Å². The molecular weight excluding hydrogens is 226 g/mol. The van der Waals surface area contributed by atoms with E-state index in [-0.39, 0.29) is 23.0 Å². The summed E-state index contributed by atoms with van der Waals surface area (Å²) >= 11 is 3.94. The van der Waals surface area contributed by atoms with Crippen molar-refractivity contribution < 1.29 is 9.59 Å². The number of carbonyl (C=O) groups is 2. The first-order valence-electron chi connectivity index (χ1n) is 5.12. The fourth-order valence-corrected chi connectivity index (χ4v) is 1.32. The summed E-state index contributed by atoms with van der Waals surface area (Å²) in [6.07, 6.45) is 0.